The first-order valence-corrected chi connectivity index (χ1v) is 6.64. The van der Waals surface area contributed by atoms with E-state index in [9.17, 15) is 0 Å². The molecule has 1 aliphatic heterocycles. The van der Waals surface area contributed by atoms with E-state index in [1.807, 2.05) is 12.1 Å². The summed E-state index contributed by atoms with van der Waals surface area (Å²) in [7, 11) is 0. The molecule has 0 aliphatic carbocycles. The fourth-order valence-corrected chi connectivity index (χ4v) is 2.71. The third-order valence-electron chi connectivity index (χ3n) is 3.84. The largest absolute Gasteiger partial charge is 0.377 e. The summed E-state index contributed by atoms with van der Waals surface area (Å²) in [4.78, 5) is 0. The highest BCUT2D eigenvalue weighted by molar-refractivity contribution is 6.30. The second-order valence-corrected chi connectivity index (χ2v) is 5.43. The fourth-order valence-electron chi connectivity index (χ4n) is 2.58. The van der Waals surface area contributed by atoms with Crippen molar-refractivity contribution in [2.45, 2.75) is 26.3 Å². The molecule has 2 aromatic rings. The number of hydrogen-bond acceptors (Lipinski definition) is 1. The van der Waals surface area contributed by atoms with E-state index in [4.69, 9.17) is 11.6 Å². The molecular formula is C16H16ClN. The molecule has 1 aliphatic rings. The van der Waals surface area contributed by atoms with Crippen LogP contribution in [0, 0.1) is 13.8 Å². The summed E-state index contributed by atoms with van der Waals surface area (Å²) in [6.07, 6.45) is 1.05. The number of hydrogen-bond donors (Lipinski definition) is 1. The molecular weight excluding hydrogens is 242 g/mol. The molecule has 3 rings (SSSR count). The third kappa shape index (κ3) is 1.89. The number of benzene rings is 2. The Labute approximate surface area is 113 Å². The molecule has 0 fully saturated rings. The average Bonchev–Trinajstić information content (AvgIpc) is 2.80. The van der Waals surface area contributed by atoms with Crippen LogP contribution in [0.4, 0.5) is 5.69 Å². The molecule has 0 aromatic heterocycles. The predicted octanol–water partition coefficient (Wildman–Crippen LogP) is 4.67. The number of rotatable bonds is 1. The summed E-state index contributed by atoms with van der Waals surface area (Å²) in [5.74, 6) is 0. The average molecular weight is 258 g/mol. The Morgan fingerprint density at radius 1 is 1.06 bits per heavy atom. The number of fused-ring (bicyclic) bond motifs is 1. The van der Waals surface area contributed by atoms with Crippen LogP contribution in [-0.4, -0.2) is 0 Å². The molecule has 2 heteroatoms. The van der Waals surface area contributed by atoms with E-state index in [1.54, 1.807) is 0 Å². The molecule has 1 atom stereocenters. The van der Waals surface area contributed by atoms with Gasteiger partial charge in [0.2, 0.25) is 0 Å². The summed E-state index contributed by atoms with van der Waals surface area (Å²) in [6.45, 7) is 4.35. The van der Waals surface area contributed by atoms with Gasteiger partial charge in [0.25, 0.3) is 0 Å². The Hall–Kier alpha value is -1.47. The highest BCUT2D eigenvalue weighted by Crippen LogP contribution is 2.37. The van der Waals surface area contributed by atoms with Crippen LogP contribution < -0.4 is 5.32 Å². The summed E-state index contributed by atoms with van der Waals surface area (Å²) in [5.41, 5.74) is 6.74. The van der Waals surface area contributed by atoms with Gasteiger partial charge >= 0.3 is 0 Å². The molecule has 18 heavy (non-hydrogen) atoms. The summed E-state index contributed by atoms with van der Waals surface area (Å²) in [5, 5.41) is 4.43. The van der Waals surface area contributed by atoms with Gasteiger partial charge in [-0.25, -0.2) is 0 Å². The lowest BCUT2D eigenvalue weighted by atomic mass is 10.0. The first-order chi connectivity index (χ1) is 8.65. The Morgan fingerprint density at radius 2 is 1.78 bits per heavy atom. The van der Waals surface area contributed by atoms with Crippen molar-refractivity contribution in [2.75, 3.05) is 5.32 Å². The number of halogens is 1. The van der Waals surface area contributed by atoms with E-state index in [0.29, 0.717) is 6.04 Å². The standard InChI is InChI=1S/C16H16ClN/c1-10-3-4-13-9-15(18-16(13)11(10)2)12-5-7-14(17)8-6-12/h3-8,15,18H,9H2,1-2H3. The van der Waals surface area contributed by atoms with Gasteiger partial charge in [-0.05, 0) is 54.7 Å². The minimum atomic E-state index is 0.373. The second kappa shape index (κ2) is 4.33. The minimum absolute atomic E-state index is 0.373. The van der Waals surface area contributed by atoms with Gasteiger partial charge in [0, 0.05) is 10.7 Å². The van der Waals surface area contributed by atoms with Crippen molar-refractivity contribution in [1.29, 1.82) is 0 Å². The zero-order valence-electron chi connectivity index (χ0n) is 10.6. The van der Waals surface area contributed by atoms with Gasteiger partial charge in [-0.1, -0.05) is 35.9 Å². The van der Waals surface area contributed by atoms with Crippen LogP contribution in [-0.2, 0) is 6.42 Å². The lowest BCUT2D eigenvalue weighted by Gasteiger charge is -2.13. The van der Waals surface area contributed by atoms with Crippen LogP contribution in [0.2, 0.25) is 5.02 Å². The van der Waals surface area contributed by atoms with Gasteiger partial charge < -0.3 is 5.32 Å². The molecule has 0 spiro atoms. The van der Waals surface area contributed by atoms with Crippen LogP contribution in [0.3, 0.4) is 0 Å². The summed E-state index contributed by atoms with van der Waals surface area (Å²) >= 11 is 5.93. The van der Waals surface area contributed by atoms with Crippen molar-refractivity contribution in [1.82, 2.24) is 0 Å². The maximum atomic E-state index is 5.93. The van der Waals surface area contributed by atoms with Gasteiger partial charge in [0.15, 0.2) is 0 Å². The SMILES string of the molecule is Cc1ccc2c(c1C)NC(c1ccc(Cl)cc1)C2. The monoisotopic (exact) mass is 257 g/mol. The molecule has 1 unspecified atom stereocenters. The van der Waals surface area contributed by atoms with Crippen LogP contribution in [0.5, 0.6) is 0 Å². The van der Waals surface area contributed by atoms with Gasteiger partial charge in [-0.15, -0.1) is 0 Å². The third-order valence-corrected chi connectivity index (χ3v) is 4.09. The smallest absolute Gasteiger partial charge is 0.0555 e. The molecule has 0 saturated carbocycles. The summed E-state index contributed by atoms with van der Waals surface area (Å²) in [6, 6.07) is 12.9. The van der Waals surface area contributed by atoms with E-state index in [-0.39, 0.29) is 0 Å². The van der Waals surface area contributed by atoms with E-state index in [2.05, 4.69) is 43.4 Å². The zero-order valence-corrected chi connectivity index (χ0v) is 11.4. The quantitative estimate of drug-likeness (QED) is 0.783. The lowest BCUT2D eigenvalue weighted by Crippen LogP contribution is -2.05. The maximum Gasteiger partial charge on any atom is 0.0555 e. The Bertz CT molecular complexity index is 587. The van der Waals surface area contributed by atoms with Crippen LogP contribution in [0.15, 0.2) is 36.4 Å². The lowest BCUT2D eigenvalue weighted by molar-refractivity contribution is 0.824. The van der Waals surface area contributed by atoms with Crippen molar-refractivity contribution >= 4 is 17.3 Å². The topological polar surface area (TPSA) is 12.0 Å². The van der Waals surface area contributed by atoms with Gasteiger partial charge in [0.1, 0.15) is 0 Å². The Kier molecular flexibility index (Phi) is 2.79. The maximum absolute atomic E-state index is 5.93. The second-order valence-electron chi connectivity index (χ2n) is 4.99. The highest BCUT2D eigenvalue weighted by Gasteiger charge is 2.23. The molecule has 0 radical (unpaired) electrons. The predicted molar refractivity (Wildman–Crippen MR) is 77.4 cm³/mol. The van der Waals surface area contributed by atoms with Crippen molar-refractivity contribution in [3.05, 3.63) is 63.7 Å². The number of anilines is 1. The molecule has 1 N–H and O–H groups in total. The first-order valence-electron chi connectivity index (χ1n) is 6.26. The molecule has 0 bridgehead atoms. The molecule has 92 valence electrons. The normalized spacial score (nSPS) is 17.4. The molecule has 0 saturated heterocycles. The van der Waals surface area contributed by atoms with E-state index >= 15 is 0 Å². The number of nitrogens with one attached hydrogen (secondary N) is 1. The zero-order chi connectivity index (χ0) is 12.7. The number of aryl methyl sites for hydroxylation is 1. The van der Waals surface area contributed by atoms with Gasteiger partial charge in [-0.3, -0.25) is 0 Å². The van der Waals surface area contributed by atoms with Crippen LogP contribution in [0.1, 0.15) is 28.3 Å². The summed E-state index contributed by atoms with van der Waals surface area (Å²) < 4.78 is 0. The molecule has 2 aromatic carbocycles. The molecule has 1 heterocycles. The van der Waals surface area contributed by atoms with Crippen LogP contribution in [0.25, 0.3) is 0 Å². The van der Waals surface area contributed by atoms with Gasteiger partial charge in [0.05, 0.1) is 6.04 Å². The van der Waals surface area contributed by atoms with Gasteiger partial charge in [-0.2, -0.15) is 0 Å². The van der Waals surface area contributed by atoms with Crippen molar-refractivity contribution in [3.8, 4) is 0 Å². The Balaban J connectivity index is 1.93. The molecule has 0 amide bonds. The van der Waals surface area contributed by atoms with Crippen molar-refractivity contribution in [3.63, 3.8) is 0 Å². The Morgan fingerprint density at radius 3 is 2.50 bits per heavy atom. The minimum Gasteiger partial charge on any atom is -0.377 e. The first kappa shape index (κ1) is 11.6. The fraction of sp³-hybridized carbons (Fsp3) is 0.250. The van der Waals surface area contributed by atoms with Crippen molar-refractivity contribution in [2.24, 2.45) is 0 Å². The van der Waals surface area contributed by atoms with Crippen molar-refractivity contribution < 1.29 is 0 Å². The van der Waals surface area contributed by atoms with E-state index < -0.39 is 0 Å². The molecule has 1 nitrogen and oxygen atoms in total. The van der Waals surface area contributed by atoms with E-state index in [0.717, 1.165) is 11.4 Å². The van der Waals surface area contributed by atoms with Crippen LogP contribution >= 0.6 is 11.6 Å². The van der Waals surface area contributed by atoms with E-state index in [1.165, 1.54) is 27.9 Å². The highest BCUT2D eigenvalue weighted by atomic mass is 35.5.